The fraction of sp³-hybridized carbons (Fsp3) is 0.786. The summed E-state index contributed by atoms with van der Waals surface area (Å²) in [4.78, 5) is 6.92. The molecule has 1 rings (SSSR count). The highest BCUT2D eigenvalue weighted by Gasteiger charge is 2.16. The Morgan fingerprint density at radius 1 is 1.42 bits per heavy atom. The Bertz CT molecular complexity index is 336. The van der Waals surface area contributed by atoms with Crippen molar-refractivity contribution in [2.45, 2.75) is 45.8 Å². The maximum absolute atomic E-state index is 5.55. The highest BCUT2D eigenvalue weighted by molar-refractivity contribution is 4.97. The lowest BCUT2D eigenvalue weighted by Gasteiger charge is -2.29. The number of nitrogens with zero attached hydrogens (tertiary/aromatic N) is 3. The van der Waals surface area contributed by atoms with Gasteiger partial charge in [-0.15, -0.1) is 0 Å². The van der Waals surface area contributed by atoms with Crippen LogP contribution in [0.3, 0.4) is 0 Å². The van der Waals surface area contributed by atoms with Crippen LogP contribution in [0.1, 0.15) is 32.4 Å². The van der Waals surface area contributed by atoms with Crippen LogP contribution in [-0.4, -0.2) is 47.3 Å². The summed E-state index contributed by atoms with van der Waals surface area (Å²) in [6, 6.07) is 0.592. The zero-order valence-corrected chi connectivity index (χ0v) is 12.5. The minimum atomic E-state index is 0.592. The molecule has 1 aromatic rings. The molecule has 19 heavy (non-hydrogen) atoms. The van der Waals surface area contributed by atoms with Crippen molar-refractivity contribution >= 4 is 0 Å². The van der Waals surface area contributed by atoms with E-state index in [-0.39, 0.29) is 0 Å². The van der Waals surface area contributed by atoms with E-state index in [1.165, 1.54) is 0 Å². The molecule has 0 saturated heterocycles. The molecule has 0 unspecified atom stereocenters. The van der Waals surface area contributed by atoms with E-state index in [0.717, 1.165) is 44.8 Å². The summed E-state index contributed by atoms with van der Waals surface area (Å²) in [6.07, 6.45) is 6.27. The number of hydrogen-bond acceptors (Lipinski definition) is 4. The van der Waals surface area contributed by atoms with Crippen molar-refractivity contribution in [2.24, 2.45) is 5.73 Å². The third-order valence-corrected chi connectivity index (χ3v) is 3.48. The fourth-order valence-electron chi connectivity index (χ4n) is 2.37. The summed E-state index contributed by atoms with van der Waals surface area (Å²) in [5.41, 5.74) is 6.66. The van der Waals surface area contributed by atoms with Gasteiger partial charge in [0.15, 0.2) is 0 Å². The molecule has 0 aliphatic carbocycles. The third-order valence-electron chi connectivity index (χ3n) is 3.48. The number of ether oxygens (including phenoxy) is 1. The summed E-state index contributed by atoms with van der Waals surface area (Å²) < 4.78 is 7.26. The Balaban J connectivity index is 2.63. The van der Waals surface area contributed by atoms with Gasteiger partial charge in [-0.1, -0.05) is 13.8 Å². The Labute approximate surface area is 116 Å². The highest BCUT2D eigenvalue weighted by atomic mass is 16.5. The number of methoxy groups -OCH3 is 1. The van der Waals surface area contributed by atoms with Crippen LogP contribution in [-0.2, 0) is 17.8 Å². The molecule has 5 heteroatoms. The van der Waals surface area contributed by atoms with E-state index in [2.05, 4.69) is 34.5 Å². The first-order valence-electron chi connectivity index (χ1n) is 7.18. The van der Waals surface area contributed by atoms with Crippen LogP contribution in [0.2, 0.25) is 0 Å². The van der Waals surface area contributed by atoms with Gasteiger partial charge in [-0.05, 0) is 12.8 Å². The highest BCUT2D eigenvalue weighted by Crippen LogP contribution is 2.12. The molecule has 0 aromatic carbocycles. The predicted molar refractivity (Wildman–Crippen MR) is 77.9 cm³/mol. The van der Waals surface area contributed by atoms with Crippen LogP contribution < -0.4 is 5.73 Å². The Morgan fingerprint density at radius 3 is 2.74 bits per heavy atom. The summed E-state index contributed by atoms with van der Waals surface area (Å²) >= 11 is 0. The van der Waals surface area contributed by atoms with E-state index >= 15 is 0 Å². The van der Waals surface area contributed by atoms with Gasteiger partial charge in [0.1, 0.15) is 0 Å². The third kappa shape index (κ3) is 5.30. The van der Waals surface area contributed by atoms with Crippen molar-refractivity contribution < 1.29 is 4.74 Å². The molecular weight excluding hydrogens is 240 g/mol. The van der Waals surface area contributed by atoms with Crippen LogP contribution in [0.25, 0.3) is 0 Å². The second-order valence-corrected chi connectivity index (χ2v) is 4.83. The number of imidazole rings is 1. The quantitative estimate of drug-likeness (QED) is 0.698. The zero-order chi connectivity index (χ0) is 14.1. The van der Waals surface area contributed by atoms with E-state index in [4.69, 9.17) is 10.5 Å². The maximum atomic E-state index is 5.55. The van der Waals surface area contributed by atoms with Crippen LogP contribution in [0.5, 0.6) is 0 Å². The Morgan fingerprint density at radius 2 is 2.16 bits per heavy atom. The van der Waals surface area contributed by atoms with Crippen LogP contribution in [0, 0.1) is 0 Å². The summed E-state index contributed by atoms with van der Waals surface area (Å²) in [5, 5.41) is 0. The molecule has 0 atom stereocenters. The minimum absolute atomic E-state index is 0.592. The molecular formula is C14H28N4O. The van der Waals surface area contributed by atoms with Crippen molar-refractivity contribution in [3.8, 4) is 0 Å². The van der Waals surface area contributed by atoms with Crippen molar-refractivity contribution in [1.29, 1.82) is 0 Å². The molecule has 110 valence electrons. The first kappa shape index (κ1) is 16.1. The molecule has 2 N–H and O–H groups in total. The standard InChI is InChI=1S/C14H28N4O/c1-4-14(5-2)18(8-9-19-3)11-13-10-17(7-6-15)12-16-13/h10,12,14H,4-9,11,15H2,1-3H3. The molecule has 0 fully saturated rings. The van der Waals surface area contributed by atoms with Crippen LogP contribution in [0.15, 0.2) is 12.5 Å². The van der Waals surface area contributed by atoms with Gasteiger partial charge in [0, 0.05) is 45.5 Å². The predicted octanol–water partition coefficient (Wildman–Crippen LogP) is 1.48. The molecule has 0 radical (unpaired) electrons. The van der Waals surface area contributed by atoms with E-state index in [0.29, 0.717) is 12.6 Å². The molecule has 0 aliphatic rings. The van der Waals surface area contributed by atoms with E-state index < -0.39 is 0 Å². The second kappa shape index (κ2) is 9.07. The molecule has 0 saturated carbocycles. The average Bonchev–Trinajstić information content (AvgIpc) is 2.85. The van der Waals surface area contributed by atoms with Crippen molar-refractivity contribution in [1.82, 2.24) is 14.5 Å². The minimum Gasteiger partial charge on any atom is -0.383 e. The molecule has 0 aliphatic heterocycles. The smallest absolute Gasteiger partial charge is 0.0950 e. The van der Waals surface area contributed by atoms with Crippen LogP contribution >= 0.6 is 0 Å². The summed E-state index contributed by atoms with van der Waals surface area (Å²) in [6.45, 7) is 8.55. The van der Waals surface area contributed by atoms with E-state index in [1.807, 2.05) is 6.33 Å². The maximum Gasteiger partial charge on any atom is 0.0950 e. The van der Waals surface area contributed by atoms with Gasteiger partial charge < -0.3 is 15.0 Å². The largest absolute Gasteiger partial charge is 0.383 e. The number of nitrogens with two attached hydrogens (primary N) is 1. The van der Waals surface area contributed by atoms with E-state index in [9.17, 15) is 0 Å². The van der Waals surface area contributed by atoms with Crippen molar-refractivity contribution in [3.05, 3.63) is 18.2 Å². The lowest BCUT2D eigenvalue weighted by molar-refractivity contribution is 0.109. The monoisotopic (exact) mass is 268 g/mol. The summed E-state index contributed by atoms with van der Waals surface area (Å²) in [5.74, 6) is 0. The SMILES string of the molecule is CCC(CC)N(CCOC)Cc1cn(CCN)cn1. The van der Waals surface area contributed by atoms with Crippen molar-refractivity contribution in [3.63, 3.8) is 0 Å². The fourth-order valence-corrected chi connectivity index (χ4v) is 2.37. The topological polar surface area (TPSA) is 56.3 Å². The zero-order valence-electron chi connectivity index (χ0n) is 12.5. The van der Waals surface area contributed by atoms with Gasteiger partial charge in [0.05, 0.1) is 18.6 Å². The van der Waals surface area contributed by atoms with Gasteiger partial charge in [0.25, 0.3) is 0 Å². The number of aromatic nitrogens is 2. The lowest BCUT2D eigenvalue weighted by Crippen LogP contribution is -2.36. The number of hydrogen-bond donors (Lipinski definition) is 1. The van der Waals surface area contributed by atoms with Gasteiger partial charge >= 0.3 is 0 Å². The van der Waals surface area contributed by atoms with Gasteiger partial charge in [-0.3, -0.25) is 4.90 Å². The molecule has 1 heterocycles. The second-order valence-electron chi connectivity index (χ2n) is 4.83. The molecule has 0 bridgehead atoms. The average molecular weight is 268 g/mol. The van der Waals surface area contributed by atoms with Crippen molar-refractivity contribution in [2.75, 3.05) is 26.8 Å². The Hall–Kier alpha value is -0.910. The summed E-state index contributed by atoms with van der Waals surface area (Å²) in [7, 11) is 1.75. The first-order chi connectivity index (χ1) is 9.24. The van der Waals surface area contributed by atoms with Gasteiger partial charge in [0.2, 0.25) is 0 Å². The van der Waals surface area contributed by atoms with Gasteiger partial charge in [-0.2, -0.15) is 0 Å². The first-order valence-corrected chi connectivity index (χ1v) is 7.18. The molecule has 0 spiro atoms. The molecule has 1 aromatic heterocycles. The normalized spacial score (nSPS) is 11.7. The van der Waals surface area contributed by atoms with Gasteiger partial charge in [-0.25, -0.2) is 4.98 Å². The molecule has 0 amide bonds. The number of rotatable bonds is 10. The van der Waals surface area contributed by atoms with E-state index in [1.54, 1.807) is 7.11 Å². The van der Waals surface area contributed by atoms with Crippen LogP contribution in [0.4, 0.5) is 0 Å². The Kier molecular flexibility index (Phi) is 7.70. The lowest BCUT2D eigenvalue weighted by atomic mass is 10.1. The molecule has 5 nitrogen and oxygen atoms in total.